The number of rotatable bonds is 8. The van der Waals surface area contributed by atoms with Crippen molar-refractivity contribution in [1.82, 2.24) is 4.90 Å². The van der Waals surface area contributed by atoms with Gasteiger partial charge in [-0.05, 0) is 38.1 Å². The fourth-order valence-corrected chi connectivity index (χ4v) is 2.88. The molecular formula is C17H26ClNO4. The number of hydrogen-bond donors (Lipinski definition) is 1. The molecule has 23 heavy (non-hydrogen) atoms. The van der Waals surface area contributed by atoms with Crippen molar-refractivity contribution in [1.29, 1.82) is 0 Å². The summed E-state index contributed by atoms with van der Waals surface area (Å²) in [6, 6.07) is 7.20. The molecule has 1 saturated heterocycles. The van der Waals surface area contributed by atoms with E-state index in [0.29, 0.717) is 31.4 Å². The van der Waals surface area contributed by atoms with Gasteiger partial charge in [-0.25, -0.2) is 0 Å². The minimum atomic E-state index is -0.497. The number of benzene rings is 1. The molecule has 130 valence electrons. The van der Waals surface area contributed by atoms with Crippen molar-refractivity contribution in [3.8, 4) is 5.75 Å². The first kappa shape index (κ1) is 18.5. The first-order valence-electron chi connectivity index (χ1n) is 8.05. The number of halogens is 1. The molecule has 0 amide bonds. The lowest BCUT2D eigenvalue weighted by atomic mass is 10.2. The molecule has 6 heteroatoms. The van der Waals surface area contributed by atoms with Gasteiger partial charge in [-0.2, -0.15) is 0 Å². The normalized spacial score (nSPS) is 23.7. The van der Waals surface area contributed by atoms with Crippen LogP contribution < -0.4 is 4.74 Å². The van der Waals surface area contributed by atoms with Crippen molar-refractivity contribution in [3.63, 3.8) is 0 Å². The molecule has 0 aliphatic carbocycles. The maximum atomic E-state index is 10.1. The van der Waals surface area contributed by atoms with Gasteiger partial charge in [0.05, 0.1) is 31.5 Å². The summed E-state index contributed by atoms with van der Waals surface area (Å²) in [5.41, 5.74) is 0. The maximum absolute atomic E-state index is 10.1. The predicted octanol–water partition coefficient (Wildman–Crippen LogP) is 2.21. The Kier molecular flexibility index (Phi) is 7.59. The van der Waals surface area contributed by atoms with Gasteiger partial charge in [0.2, 0.25) is 0 Å². The van der Waals surface area contributed by atoms with Gasteiger partial charge in [0.15, 0.2) is 0 Å². The highest BCUT2D eigenvalue weighted by Crippen LogP contribution is 2.15. The van der Waals surface area contributed by atoms with Gasteiger partial charge in [-0.3, -0.25) is 4.90 Å². The van der Waals surface area contributed by atoms with Gasteiger partial charge in [0, 0.05) is 24.7 Å². The predicted molar refractivity (Wildman–Crippen MR) is 90.2 cm³/mol. The van der Waals surface area contributed by atoms with E-state index in [9.17, 15) is 5.11 Å². The molecule has 1 aliphatic heterocycles. The third-order valence-corrected chi connectivity index (χ3v) is 3.84. The zero-order valence-electron chi connectivity index (χ0n) is 13.8. The monoisotopic (exact) mass is 343 g/mol. The maximum Gasteiger partial charge on any atom is 0.119 e. The quantitative estimate of drug-likeness (QED) is 0.733. The Hall–Kier alpha value is -0.850. The Balaban J connectivity index is 1.56. The molecule has 1 fully saturated rings. The van der Waals surface area contributed by atoms with Crippen molar-refractivity contribution in [3.05, 3.63) is 29.3 Å². The van der Waals surface area contributed by atoms with Crippen LogP contribution in [-0.4, -0.2) is 67.8 Å². The summed E-state index contributed by atoms with van der Waals surface area (Å²) < 4.78 is 16.7. The van der Waals surface area contributed by atoms with Crippen molar-refractivity contribution in [2.24, 2.45) is 0 Å². The first-order chi connectivity index (χ1) is 11.0. The van der Waals surface area contributed by atoms with Crippen LogP contribution in [0.25, 0.3) is 0 Å². The molecule has 2 rings (SSSR count). The van der Waals surface area contributed by atoms with Crippen LogP contribution in [0.3, 0.4) is 0 Å². The molecule has 1 N–H and O–H groups in total. The summed E-state index contributed by atoms with van der Waals surface area (Å²) in [6.45, 7) is 7.61. The lowest BCUT2D eigenvalue weighted by Crippen LogP contribution is -2.48. The lowest BCUT2D eigenvalue weighted by Gasteiger charge is -2.36. The summed E-state index contributed by atoms with van der Waals surface area (Å²) >= 11 is 5.81. The Morgan fingerprint density at radius 3 is 2.52 bits per heavy atom. The van der Waals surface area contributed by atoms with Crippen LogP contribution >= 0.6 is 11.6 Å². The first-order valence-corrected chi connectivity index (χ1v) is 8.42. The Morgan fingerprint density at radius 1 is 1.22 bits per heavy atom. The lowest BCUT2D eigenvalue weighted by molar-refractivity contribution is -0.0824. The van der Waals surface area contributed by atoms with E-state index in [-0.39, 0.29) is 12.2 Å². The van der Waals surface area contributed by atoms with E-state index >= 15 is 0 Å². The number of ether oxygens (including phenoxy) is 3. The summed E-state index contributed by atoms with van der Waals surface area (Å²) in [6.07, 6.45) is -0.0812. The van der Waals surface area contributed by atoms with Crippen LogP contribution in [-0.2, 0) is 9.47 Å². The van der Waals surface area contributed by atoms with Gasteiger partial charge in [0.25, 0.3) is 0 Å². The molecule has 0 radical (unpaired) electrons. The number of hydrogen-bond acceptors (Lipinski definition) is 5. The fourth-order valence-electron chi connectivity index (χ4n) is 2.75. The molecule has 0 unspecified atom stereocenters. The summed E-state index contributed by atoms with van der Waals surface area (Å²) in [4.78, 5) is 2.22. The molecule has 1 aromatic rings. The van der Waals surface area contributed by atoms with Gasteiger partial charge >= 0.3 is 0 Å². The summed E-state index contributed by atoms with van der Waals surface area (Å²) in [5.74, 6) is 0.759. The number of aliphatic hydroxyl groups is 1. The molecule has 1 aliphatic rings. The second-order valence-corrected chi connectivity index (χ2v) is 6.44. The van der Waals surface area contributed by atoms with Gasteiger partial charge < -0.3 is 19.3 Å². The van der Waals surface area contributed by atoms with E-state index in [4.69, 9.17) is 25.8 Å². The van der Waals surface area contributed by atoms with E-state index in [1.165, 1.54) is 0 Å². The van der Waals surface area contributed by atoms with E-state index in [0.717, 1.165) is 18.8 Å². The van der Waals surface area contributed by atoms with E-state index in [2.05, 4.69) is 18.7 Å². The standard InChI is InChI=1S/C17H26ClNO4/c1-13-9-19(10-14(2)23-13)11-16(20)12-21-7-8-22-17-5-3-15(18)4-6-17/h3-6,13-14,16,20H,7-12H2,1-2H3/t13-,14+,16-/m1/s1. The Bertz CT molecular complexity index is 446. The molecule has 0 aromatic heterocycles. The highest BCUT2D eigenvalue weighted by molar-refractivity contribution is 6.30. The van der Waals surface area contributed by atoms with Crippen LogP contribution in [0.5, 0.6) is 5.75 Å². The SMILES string of the molecule is C[C@@H]1CN(C[C@@H](O)COCCOc2ccc(Cl)cc2)C[C@H](C)O1. The third-order valence-electron chi connectivity index (χ3n) is 3.58. The van der Waals surface area contributed by atoms with Crippen molar-refractivity contribution >= 4 is 11.6 Å². The Morgan fingerprint density at radius 2 is 1.87 bits per heavy atom. The number of β-amino-alcohol motifs (C(OH)–C–C–N with tert-alkyl or cyclic N) is 1. The molecule has 0 bridgehead atoms. The zero-order chi connectivity index (χ0) is 16.7. The van der Waals surface area contributed by atoms with Crippen molar-refractivity contribution < 1.29 is 19.3 Å². The average molecular weight is 344 g/mol. The van der Waals surface area contributed by atoms with Gasteiger partial charge in [-0.15, -0.1) is 0 Å². The average Bonchev–Trinajstić information content (AvgIpc) is 2.47. The Labute approximate surface area is 143 Å². The largest absolute Gasteiger partial charge is 0.491 e. The third kappa shape index (κ3) is 7.06. The number of nitrogens with zero attached hydrogens (tertiary/aromatic N) is 1. The minimum Gasteiger partial charge on any atom is -0.491 e. The van der Waals surface area contributed by atoms with Gasteiger partial charge in [-0.1, -0.05) is 11.6 Å². The second-order valence-electron chi connectivity index (χ2n) is 6.01. The number of aliphatic hydroxyl groups excluding tert-OH is 1. The topological polar surface area (TPSA) is 51.2 Å². The van der Waals surface area contributed by atoms with E-state index < -0.39 is 6.10 Å². The van der Waals surface area contributed by atoms with E-state index in [1.807, 2.05) is 12.1 Å². The van der Waals surface area contributed by atoms with Crippen molar-refractivity contribution in [2.45, 2.75) is 32.2 Å². The number of morpholine rings is 1. The van der Waals surface area contributed by atoms with Crippen LogP contribution in [0.1, 0.15) is 13.8 Å². The molecule has 1 heterocycles. The highest BCUT2D eigenvalue weighted by Gasteiger charge is 2.23. The smallest absolute Gasteiger partial charge is 0.119 e. The van der Waals surface area contributed by atoms with Crippen LogP contribution in [0.4, 0.5) is 0 Å². The van der Waals surface area contributed by atoms with Gasteiger partial charge in [0.1, 0.15) is 12.4 Å². The zero-order valence-corrected chi connectivity index (χ0v) is 14.5. The van der Waals surface area contributed by atoms with E-state index in [1.54, 1.807) is 12.1 Å². The van der Waals surface area contributed by atoms with Crippen molar-refractivity contribution in [2.75, 3.05) is 39.5 Å². The second kappa shape index (κ2) is 9.45. The summed E-state index contributed by atoms with van der Waals surface area (Å²) in [7, 11) is 0. The molecular weight excluding hydrogens is 318 g/mol. The van der Waals surface area contributed by atoms with Crippen LogP contribution in [0.2, 0.25) is 5.02 Å². The fraction of sp³-hybridized carbons (Fsp3) is 0.647. The molecule has 0 spiro atoms. The van der Waals surface area contributed by atoms with Crippen LogP contribution in [0.15, 0.2) is 24.3 Å². The summed E-state index contributed by atoms with van der Waals surface area (Å²) in [5, 5.41) is 10.7. The van der Waals surface area contributed by atoms with Crippen LogP contribution in [0, 0.1) is 0 Å². The molecule has 3 atom stereocenters. The molecule has 1 aromatic carbocycles. The highest BCUT2D eigenvalue weighted by atomic mass is 35.5. The molecule has 0 saturated carbocycles. The molecule has 5 nitrogen and oxygen atoms in total. The minimum absolute atomic E-state index is 0.208.